The fourth-order valence-corrected chi connectivity index (χ4v) is 3.02. The van der Waals surface area contributed by atoms with Gasteiger partial charge in [0, 0.05) is 28.4 Å². The van der Waals surface area contributed by atoms with Crippen molar-refractivity contribution >= 4 is 11.6 Å². The summed E-state index contributed by atoms with van der Waals surface area (Å²) in [6, 6.07) is 21.8. The number of aromatic nitrogens is 2. The van der Waals surface area contributed by atoms with Crippen molar-refractivity contribution in [2.45, 2.75) is 0 Å². The predicted molar refractivity (Wildman–Crippen MR) is 106 cm³/mol. The van der Waals surface area contributed by atoms with Crippen LogP contribution in [0.25, 0.3) is 22.8 Å². The van der Waals surface area contributed by atoms with Crippen molar-refractivity contribution in [3.05, 3.63) is 78.4 Å². The van der Waals surface area contributed by atoms with E-state index in [-0.39, 0.29) is 12.7 Å². The van der Waals surface area contributed by atoms with Crippen LogP contribution in [0.1, 0.15) is 10.4 Å². The zero-order chi connectivity index (χ0) is 19.6. The molecule has 1 aliphatic heterocycles. The average molecular weight is 385 g/mol. The smallest absolute Gasteiger partial charge is 0.258 e. The van der Waals surface area contributed by atoms with E-state index in [2.05, 4.69) is 15.5 Å². The van der Waals surface area contributed by atoms with Gasteiger partial charge in [0.2, 0.25) is 12.6 Å². The van der Waals surface area contributed by atoms with Crippen molar-refractivity contribution in [1.29, 1.82) is 0 Å². The third-order valence-electron chi connectivity index (χ3n) is 4.46. The van der Waals surface area contributed by atoms with Crippen LogP contribution in [0.5, 0.6) is 11.5 Å². The highest BCUT2D eigenvalue weighted by Gasteiger charge is 2.16. The van der Waals surface area contributed by atoms with Gasteiger partial charge in [0.1, 0.15) is 0 Å². The number of amides is 1. The van der Waals surface area contributed by atoms with E-state index in [4.69, 9.17) is 14.0 Å². The van der Waals surface area contributed by atoms with Gasteiger partial charge in [-0.25, -0.2) is 0 Å². The molecule has 0 saturated heterocycles. The number of hydrogen-bond acceptors (Lipinski definition) is 6. The molecule has 0 fully saturated rings. The number of ether oxygens (including phenoxy) is 2. The van der Waals surface area contributed by atoms with Crippen LogP contribution in [-0.4, -0.2) is 22.8 Å². The van der Waals surface area contributed by atoms with Crippen LogP contribution in [0, 0.1) is 0 Å². The van der Waals surface area contributed by atoms with E-state index >= 15 is 0 Å². The Hall–Kier alpha value is -4.13. The van der Waals surface area contributed by atoms with Crippen molar-refractivity contribution in [2.24, 2.45) is 0 Å². The summed E-state index contributed by atoms with van der Waals surface area (Å²) in [5.74, 6) is 1.86. The zero-order valence-corrected chi connectivity index (χ0v) is 15.2. The monoisotopic (exact) mass is 385 g/mol. The van der Waals surface area contributed by atoms with Gasteiger partial charge in [-0.05, 0) is 30.3 Å². The summed E-state index contributed by atoms with van der Waals surface area (Å²) in [6.45, 7) is 0.184. The minimum Gasteiger partial charge on any atom is -0.454 e. The topological polar surface area (TPSA) is 86.5 Å². The maximum Gasteiger partial charge on any atom is 0.258 e. The fraction of sp³-hybridized carbons (Fsp3) is 0.0455. The normalized spacial score (nSPS) is 12.0. The lowest BCUT2D eigenvalue weighted by molar-refractivity contribution is 0.102. The number of carbonyl (C=O) groups excluding carboxylic acids is 1. The van der Waals surface area contributed by atoms with Gasteiger partial charge in [0.15, 0.2) is 11.5 Å². The molecule has 29 heavy (non-hydrogen) atoms. The third kappa shape index (κ3) is 3.41. The van der Waals surface area contributed by atoms with Crippen LogP contribution in [0.3, 0.4) is 0 Å². The van der Waals surface area contributed by atoms with E-state index in [1.165, 1.54) is 0 Å². The zero-order valence-electron chi connectivity index (χ0n) is 15.2. The molecule has 3 aromatic carbocycles. The van der Waals surface area contributed by atoms with Gasteiger partial charge < -0.3 is 19.3 Å². The largest absolute Gasteiger partial charge is 0.454 e. The summed E-state index contributed by atoms with van der Waals surface area (Å²) in [7, 11) is 0. The maximum absolute atomic E-state index is 12.7. The number of fused-ring (bicyclic) bond motifs is 1. The third-order valence-corrected chi connectivity index (χ3v) is 4.46. The Bertz CT molecular complexity index is 1190. The number of hydrogen-bond donors (Lipinski definition) is 1. The molecule has 5 rings (SSSR count). The molecule has 0 radical (unpaired) electrons. The molecular formula is C22H15N3O4. The van der Waals surface area contributed by atoms with E-state index in [0.717, 1.165) is 5.56 Å². The molecule has 0 spiro atoms. The highest BCUT2D eigenvalue weighted by molar-refractivity contribution is 6.05. The number of benzene rings is 3. The van der Waals surface area contributed by atoms with Gasteiger partial charge >= 0.3 is 0 Å². The Balaban J connectivity index is 1.37. The summed E-state index contributed by atoms with van der Waals surface area (Å²) in [6.07, 6.45) is 0. The van der Waals surface area contributed by atoms with Gasteiger partial charge in [-0.2, -0.15) is 4.98 Å². The first-order chi connectivity index (χ1) is 14.3. The van der Waals surface area contributed by atoms with Crippen molar-refractivity contribution in [3.63, 3.8) is 0 Å². The summed E-state index contributed by atoms with van der Waals surface area (Å²) in [4.78, 5) is 17.1. The molecular weight excluding hydrogens is 370 g/mol. The number of rotatable bonds is 4. The van der Waals surface area contributed by atoms with Crippen LogP contribution in [0.15, 0.2) is 77.3 Å². The first-order valence-corrected chi connectivity index (χ1v) is 8.97. The quantitative estimate of drug-likeness (QED) is 0.561. The first-order valence-electron chi connectivity index (χ1n) is 8.97. The van der Waals surface area contributed by atoms with E-state index < -0.39 is 0 Å². The molecule has 7 nitrogen and oxygen atoms in total. The number of anilines is 1. The van der Waals surface area contributed by atoms with Crippen molar-refractivity contribution < 1.29 is 18.8 Å². The summed E-state index contributed by atoms with van der Waals surface area (Å²) < 4.78 is 16.0. The van der Waals surface area contributed by atoms with Gasteiger partial charge in [-0.1, -0.05) is 41.6 Å². The maximum atomic E-state index is 12.7. The first kappa shape index (κ1) is 17.0. The molecule has 1 aliphatic rings. The van der Waals surface area contributed by atoms with Gasteiger partial charge in [-0.15, -0.1) is 0 Å². The van der Waals surface area contributed by atoms with E-state index in [0.29, 0.717) is 40.0 Å². The SMILES string of the molecule is O=C(Nc1ccc2c(c1)OCO2)c1cccc(-c2nc(-c3ccccc3)no2)c1. The van der Waals surface area contributed by atoms with Crippen LogP contribution in [-0.2, 0) is 0 Å². The van der Waals surface area contributed by atoms with E-state index in [9.17, 15) is 4.79 Å². The van der Waals surface area contributed by atoms with Crippen LogP contribution >= 0.6 is 0 Å². The number of nitrogens with one attached hydrogen (secondary N) is 1. The van der Waals surface area contributed by atoms with Crippen molar-refractivity contribution in [2.75, 3.05) is 12.1 Å². The molecule has 4 aromatic rings. The summed E-state index contributed by atoms with van der Waals surface area (Å²) in [5.41, 5.74) is 2.62. The Kier molecular flexibility index (Phi) is 4.18. The lowest BCUT2D eigenvalue weighted by atomic mass is 10.1. The van der Waals surface area contributed by atoms with Gasteiger partial charge in [-0.3, -0.25) is 4.79 Å². The second-order valence-electron chi connectivity index (χ2n) is 6.39. The highest BCUT2D eigenvalue weighted by Crippen LogP contribution is 2.34. The number of nitrogens with zero attached hydrogens (tertiary/aromatic N) is 2. The van der Waals surface area contributed by atoms with Crippen LogP contribution in [0.4, 0.5) is 5.69 Å². The molecule has 0 atom stereocenters. The Morgan fingerprint density at radius 3 is 2.59 bits per heavy atom. The Labute approximate surface area is 165 Å². The minimum atomic E-state index is -0.256. The van der Waals surface area contributed by atoms with Gasteiger partial charge in [0.05, 0.1) is 0 Å². The van der Waals surface area contributed by atoms with Crippen molar-refractivity contribution in [1.82, 2.24) is 10.1 Å². The molecule has 1 aromatic heterocycles. The molecule has 7 heteroatoms. The Morgan fingerprint density at radius 1 is 0.862 bits per heavy atom. The molecule has 0 aliphatic carbocycles. The van der Waals surface area contributed by atoms with Crippen molar-refractivity contribution in [3.8, 4) is 34.3 Å². The molecule has 1 N–H and O–H groups in total. The standard InChI is InChI=1S/C22H15N3O4/c26-21(23-17-9-10-18-19(12-17)28-13-27-18)15-7-4-8-16(11-15)22-24-20(25-29-22)14-5-2-1-3-6-14/h1-12H,13H2,(H,23,26). The minimum absolute atomic E-state index is 0.184. The lowest BCUT2D eigenvalue weighted by Crippen LogP contribution is -2.11. The van der Waals surface area contributed by atoms with E-state index in [1.807, 2.05) is 36.4 Å². The molecule has 0 saturated carbocycles. The Morgan fingerprint density at radius 2 is 1.69 bits per heavy atom. The molecule has 2 heterocycles. The molecule has 142 valence electrons. The lowest BCUT2D eigenvalue weighted by Gasteiger charge is -2.07. The van der Waals surface area contributed by atoms with Crippen LogP contribution < -0.4 is 14.8 Å². The van der Waals surface area contributed by atoms with Crippen LogP contribution in [0.2, 0.25) is 0 Å². The summed E-state index contributed by atoms with van der Waals surface area (Å²) >= 11 is 0. The van der Waals surface area contributed by atoms with Gasteiger partial charge in [0.25, 0.3) is 11.8 Å². The fourth-order valence-electron chi connectivity index (χ4n) is 3.02. The number of carbonyl (C=O) groups is 1. The van der Waals surface area contributed by atoms with E-state index in [1.54, 1.807) is 36.4 Å². The molecule has 0 unspecified atom stereocenters. The predicted octanol–water partition coefficient (Wildman–Crippen LogP) is 4.38. The molecule has 0 bridgehead atoms. The second-order valence-corrected chi connectivity index (χ2v) is 6.39. The summed E-state index contributed by atoms with van der Waals surface area (Å²) in [5, 5.41) is 6.88. The molecule has 1 amide bonds. The average Bonchev–Trinajstić information content (AvgIpc) is 3.44. The second kappa shape index (κ2) is 7.12. The highest BCUT2D eigenvalue weighted by atomic mass is 16.7.